The van der Waals surface area contributed by atoms with Gasteiger partial charge in [-0.25, -0.2) is 0 Å². The fraction of sp³-hybridized carbons (Fsp3) is 0.667. The zero-order valence-corrected chi connectivity index (χ0v) is 12.5. The Kier molecular flexibility index (Phi) is 4.93. The number of amides is 1. The highest BCUT2D eigenvalue weighted by molar-refractivity contribution is 5.77. The number of aryl methyl sites for hydroxylation is 2. The summed E-state index contributed by atoms with van der Waals surface area (Å²) < 4.78 is 5.39. The number of rotatable bonds is 4. The van der Waals surface area contributed by atoms with Crippen LogP contribution in [0.1, 0.15) is 43.9 Å². The second-order valence-electron chi connectivity index (χ2n) is 5.68. The van der Waals surface area contributed by atoms with Crippen LogP contribution in [0.5, 0.6) is 5.88 Å². The second-order valence-corrected chi connectivity index (χ2v) is 5.68. The maximum Gasteiger partial charge on any atom is 0.258 e. The SMILES string of the molecule is Cc1cc(OCC(=O)N[C@H]2CCCC[C@H]2C)nnc1C. The van der Waals surface area contributed by atoms with E-state index in [0.717, 1.165) is 17.7 Å². The van der Waals surface area contributed by atoms with Gasteiger partial charge in [0.15, 0.2) is 6.61 Å². The topological polar surface area (TPSA) is 64.1 Å². The normalized spacial score (nSPS) is 22.4. The monoisotopic (exact) mass is 277 g/mol. The molecule has 1 N–H and O–H groups in total. The average Bonchev–Trinajstić information content (AvgIpc) is 2.43. The molecule has 5 heteroatoms. The van der Waals surface area contributed by atoms with Crippen molar-refractivity contribution >= 4 is 5.91 Å². The van der Waals surface area contributed by atoms with Crippen LogP contribution in [0.4, 0.5) is 0 Å². The first-order chi connectivity index (χ1) is 9.56. The van der Waals surface area contributed by atoms with Gasteiger partial charge < -0.3 is 10.1 Å². The maximum atomic E-state index is 11.9. The molecule has 1 heterocycles. The van der Waals surface area contributed by atoms with Crippen LogP contribution < -0.4 is 10.1 Å². The number of ether oxygens (including phenoxy) is 1. The van der Waals surface area contributed by atoms with Gasteiger partial charge in [0.1, 0.15) is 0 Å². The molecule has 20 heavy (non-hydrogen) atoms. The molecule has 0 unspecified atom stereocenters. The van der Waals surface area contributed by atoms with E-state index in [1.54, 1.807) is 6.07 Å². The molecule has 1 aromatic rings. The van der Waals surface area contributed by atoms with Crippen LogP contribution in [0.25, 0.3) is 0 Å². The Bertz CT molecular complexity index is 476. The third-order valence-electron chi connectivity index (χ3n) is 4.02. The first-order valence-corrected chi connectivity index (χ1v) is 7.29. The van der Waals surface area contributed by atoms with Crippen molar-refractivity contribution in [1.29, 1.82) is 0 Å². The van der Waals surface area contributed by atoms with Crippen molar-refractivity contribution in [3.63, 3.8) is 0 Å². The highest BCUT2D eigenvalue weighted by atomic mass is 16.5. The van der Waals surface area contributed by atoms with E-state index in [1.165, 1.54) is 19.3 Å². The van der Waals surface area contributed by atoms with Gasteiger partial charge in [-0.3, -0.25) is 4.79 Å². The smallest absolute Gasteiger partial charge is 0.258 e. The molecule has 1 aliphatic rings. The average molecular weight is 277 g/mol. The Morgan fingerprint density at radius 2 is 2.10 bits per heavy atom. The van der Waals surface area contributed by atoms with Crippen LogP contribution in [0.3, 0.4) is 0 Å². The number of hydrogen-bond acceptors (Lipinski definition) is 4. The van der Waals surface area contributed by atoms with Gasteiger partial charge in [-0.2, -0.15) is 5.10 Å². The largest absolute Gasteiger partial charge is 0.466 e. The number of carbonyl (C=O) groups excluding carboxylic acids is 1. The fourth-order valence-electron chi connectivity index (χ4n) is 2.51. The summed E-state index contributed by atoms with van der Waals surface area (Å²) in [6.45, 7) is 6.03. The highest BCUT2D eigenvalue weighted by Gasteiger charge is 2.22. The van der Waals surface area contributed by atoms with Gasteiger partial charge in [-0.05, 0) is 38.2 Å². The van der Waals surface area contributed by atoms with E-state index in [0.29, 0.717) is 11.8 Å². The standard InChI is InChI=1S/C15H23N3O2/c1-10-6-4-5-7-13(10)16-14(19)9-20-15-8-11(2)12(3)17-18-15/h8,10,13H,4-7,9H2,1-3H3,(H,16,19)/t10-,13+/m1/s1. The van der Waals surface area contributed by atoms with Crippen molar-refractivity contribution in [3.05, 3.63) is 17.3 Å². The Morgan fingerprint density at radius 3 is 2.80 bits per heavy atom. The van der Waals surface area contributed by atoms with Crippen LogP contribution >= 0.6 is 0 Å². The van der Waals surface area contributed by atoms with E-state index < -0.39 is 0 Å². The zero-order valence-electron chi connectivity index (χ0n) is 12.5. The molecule has 110 valence electrons. The Labute approximate surface area is 120 Å². The van der Waals surface area contributed by atoms with E-state index in [9.17, 15) is 4.79 Å². The van der Waals surface area contributed by atoms with E-state index >= 15 is 0 Å². The van der Waals surface area contributed by atoms with Gasteiger partial charge in [-0.15, -0.1) is 5.10 Å². The molecule has 0 aliphatic heterocycles. The number of carbonyl (C=O) groups is 1. The summed E-state index contributed by atoms with van der Waals surface area (Å²) in [5.74, 6) is 0.873. The summed E-state index contributed by atoms with van der Waals surface area (Å²) in [6.07, 6.45) is 4.71. The van der Waals surface area contributed by atoms with Crippen LogP contribution in [0.2, 0.25) is 0 Å². The summed E-state index contributed by atoms with van der Waals surface area (Å²) in [5, 5.41) is 11.0. The molecule has 0 aromatic carbocycles. The first kappa shape index (κ1) is 14.8. The van der Waals surface area contributed by atoms with E-state index in [4.69, 9.17) is 4.74 Å². The summed E-state index contributed by atoms with van der Waals surface area (Å²) in [4.78, 5) is 11.9. The van der Waals surface area contributed by atoms with Crippen LogP contribution in [-0.2, 0) is 4.79 Å². The van der Waals surface area contributed by atoms with Crippen molar-refractivity contribution in [2.24, 2.45) is 5.92 Å². The van der Waals surface area contributed by atoms with Gasteiger partial charge in [0.05, 0.1) is 5.69 Å². The molecule has 0 saturated heterocycles. The lowest BCUT2D eigenvalue weighted by atomic mass is 9.86. The number of aromatic nitrogens is 2. The molecule has 1 amide bonds. The third-order valence-corrected chi connectivity index (χ3v) is 4.02. The summed E-state index contributed by atoms with van der Waals surface area (Å²) in [7, 11) is 0. The summed E-state index contributed by atoms with van der Waals surface area (Å²) in [6, 6.07) is 2.09. The molecule has 5 nitrogen and oxygen atoms in total. The first-order valence-electron chi connectivity index (χ1n) is 7.29. The fourth-order valence-corrected chi connectivity index (χ4v) is 2.51. The predicted octanol–water partition coefficient (Wildman–Crippen LogP) is 2.17. The minimum Gasteiger partial charge on any atom is -0.466 e. The Hall–Kier alpha value is -1.65. The van der Waals surface area contributed by atoms with Crippen molar-refractivity contribution < 1.29 is 9.53 Å². The second kappa shape index (κ2) is 6.68. The molecule has 0 radical (unpaired) electrons. The number of hydrogen-bond donors (Lipinski definition) is 1. The molecule has 0 bridgehead atoms. The van der Waals surface area contributed by atoms with E-state index in [2.05, 4.69) is 22.4 Å². The molecule has 1 aliphatic carbocycles. The highest BCUT2D eigenvalue weighted by Crippen LogP contribution is 2.23. The van der Waals surface area contributed by atoms with Crippen LogP contribution in [0, 0.1) is 19.8 Å². The zero-order chi connectivity index (χ0) is 14.5. The molecule has 1 fully saturated rings. The lowest BCUT2D eigenvalue weighted by molar-refractivity contribution is -0.124. The molecule has 1 aromatic heterocycles. The number of nitrogens with one attached hydrogen (secondary N) is 1. The lowest BCUT2D eigenvalue weighted by Crippen LogP contribution is -2.43. The lowest BCUT2D eigenvalue weighted by Gasteiger charge is -2.29. The van der Waals surface area contributed by atoms with Crippen molar-refractivity contribution in [2.75, 3.05) is 6.61 Å². The minimum atomic E-state index is -0.0798. The summed E-state index contributed by atoms with van der Waals surface area (Å²) >= 11 is 0. The van der Waals surface area contributed by atoms with E-state index in [-0.39, 0.29) is 18.6 Å². The number of nitrogens with zero attached hydrogens (tertiary/aromatic N) is 2. The van der Waals surface area contributed by atoms with Crippen LogP contribution in [0.15, 0.2) is 6.07 Å². The maximum absolute atomic E-state index is 11.9. The van der Waals surface area contributed by atoms with Gasteiger partial charge in [0.2, 0.25) is 5.88 Å². The van der Waals surface area contributed by atoms with Crippen molar-refractivity contribution in [2.45, 2.75) is 52.5 Å². The minimum absolute atomic E-state index is 0.000398. The van der Waals surface area contributed by atoms with Gasteiger partial charge >= 0.3 is 0 Å². The quantitative estimate of drug-likeness (QED) is 0.916. The molecule has 1 saturated carbocycles. The molecular weight excluding hydrogens is 254 g/mol. The molecule has 0 spiro atoms. The molecule has 2 atom stereocenters. The van der Waals surface area contributed by atoms with Gasteiger partial charge in [0.25, 0.3) is 5.91 Å². The third kappa shape index (κ3) is 3.92. The van der Waals surface area contributed by atoms with Crippen molar-refractivity contribution in [1.82, 2.24) is 15.5 Å². The van der Waals surface area contributed by atoms with E-state index in [1.807, 2.05) is 13.8 Å². The molecular formula is C15H23N3O2. The van der Waals surface area contributed by atoms with Crippen LogP contribution in [-0.4, -0.2) is 28.8 Å². The Morgan fingerprint density at radius 1 is 1.35 bits per heavy atom. The Balaban J connectivity index is 1.81. The molecule has 2 rings (SSSR count). The van der Waals surface area contributed by atoms with Gasteiger partial charge in [0, 0.05) is 12.1 Å². The van der Waals surface area contributed by atoms with Crippen molar-refractivity contribution in [3.8, 4) is 5.88 Å². The van der Waals surface area contributed by atoms with Gasteiger partial charge in [-0.1, -0.05) is 19.8 Å². The summed E-state index contributed by atoms with van der Waals surface area (Å²) in [5.41, 5.74) is 1.88. The predicted molar refractivity (Wildman–Crippen MR) is 76.6 cm³/mol.